The Bertz CT molecular complexity index is 512. The first-order valence-electron chi connectivity index (χ1n) is 6.47. The van der Waals surface area contributed by atoms with Gasteiger partial charge in [0.25, 0.3) is 0 Å². The molecule has 8 heteroatoms. The topological polar surface area (TPSA) is 88.3 Å². The van der Waals surface area contributed by atoms with Crippen LogP contribution in [0.2, 0.25) is 0 Å². The second kappa shape index (κ2) is 5.87. The van der Waals surface area contributed by atoms with Gasteiger partial charge in [-0.3, -0.25) is 0 Å². The van der Waals surface area contributed by atoms with Crippen molar-refractivity contribution in [2.45, 2.75) is 32.9 Å². The molecule has 0 saturated carbocycles. The lowest BCUT2D eigenvalue weighted by Crippen LogP contribution is -2.27. The van der Waals surface area contributed by atoms with Crippen molar-refractivity contribution in [2.75, 3.05) is 29.5 Å². The van der Waals surface area contributed by atoms with Gasteiger partial charge in [0.15, 0.2) is 9.84 Å². The summed E-state index contributed by atoms with van der Waals surface area (Å²) in [7, 11) is -2.92. The van der Waals surface area contributed by atoms with Crippen LogP contribution in [-0.2, 0) is 16.4 Å². The summed E-state index contributed by atoms with van der Waals surface area (Å²) in [6, 6.07) is 0.760. The minimum absolute atomic E-state index is 0.148. The van der Waals surface area contributed by atoms with Crippen LogP contribution >= 0.6 is 0 Å². The van der Waals surface area contributed by atoms with Crippen LogP contribution in [0.25, 0.3) is 0 Å². The number of rotatable bonds is 4. The van der Waals surface area contributed by atoms with E-state index in [0.717, 1.165) is 0 Å². The molecule has 1 aliphatic rings. The van der Waals surface area contributed by atoms with Crippen molar-refractivity contribution < 1.29 is 12.8 Å². The lowest BCUT2D eigenvalue weighted by atomic mass is 10.4. The zero-order chi connectivity index (χ0) is 13.9. The van der Waals surface area contributed by atoms with Crippen LogP contribution in [0.5, 0.6) is 0 Å². The van der Waals surface area contributed by atoms with Crippen LogP contribution in [0.1, 0.15) is 26.2 Å². The zero-order valence-electron chi connectivity index (χ0n) is 11.3. The Balaban J connectivity index is 1.98. The lowest BCUT2D eigenvalue weighted by Gasteiger charge is -2.15. The predicted octanol–water partition coefficient (Wildman–Crippen LogP) is 0.193. The molecule has 0 atom stereocenters. The van der Waals surface area contributed by atoms with Gasteiger partial charge in [0.2, 0.25) is 5.89 Å². The highest BCUT2D eigenvalue weighted by atomic mass is 32.2. The Labute approximate surface area is 113 Å². The quantitative estimate of drug-likeness (QED) is 0.846. The van der Waals surface area contributed by atoms with Crippen LogP contribution in [0.4, 0.5) is 6.01 Å². The predicted molar refractivity (Wildman–Crippen MR) is 71.8 cm³/mol. The number of sulfone groups is 1. The molecule has 2 rings (SSSR count). The van der Waals surface area contributed by atoms with E-state index in [1.807, 2.05) is 18.7 Å². The maximum Gasteiger partial charge on any atom is 0.318 e. The second-order valence-corrected chi connectivity index (χ2v) is 7.31. The molecule has 1 fully saturated rings. The summed E-state index contributed by atoms with van der Waals surface area (Å²) in [4.78, 5) is 1.84. The maximum atomic E-state index is 11.5. The summed E-state index contributed by atoms with van der Waals surface area (Å²) in [5, 5.41) is 11.1. The molecule has 0 bridgehead atoms. The van der Waals surface area contributed by atoms with Gasteiger partial charge < -0.3 is 14.6 Å². The molecule has 1 aromatic rings. The van der Waals surface area contributed by atoms with E-state index in [4.69, 9.17) is 4.42 Å². The van der Waals surface area contributed by atoms with Gasteiger partial charge in [0.1, 0.15) is 0 Å². The molecule has 0 aliphatic carbocycles. The van der Waals surface area contributed by atoms with Gasteiger partial charge in [0, 0.05) is 19.1 Å². The highest BCUT2D eigenvalue weighted by molar-refractivity contribution is 7.91. The molecule has 1 N–H and O–H groups in total. The molecule has 0 unspecified atom stereocenters. The standard InChI is InChI=1S/C11H20N4O3S/c1-9(2)12-8-10-13-14-11(18-10)15-4-3-6-19(16,17)7-5-15/h9,12H,3-8H2,1-2H3. The maximum absolute atomic E-state index is 11.5. The van der Waals surface area contributed by atoms with Gasteiger partial charge in [0.05, 0.1) is 18.1 Å². The normalized spacial score (nSPS) is 19.6. The van der Waals surface area contributed by atoms with Gasteiger partial charge in [-0.2, -0.15) is 0 Å². The third kappa shape index (κ3) is 4.17. The monoisotopic (exact) mass is 288 g/mol. The first-order valence-corrected chi connectivity index (χ1v) is 8.29. The molecule has 0 spiro atoms. The molecule has 7 nitrogen and oxygen atoms in total. The number of nitrogens with zero attached hydrogens (tertiary/aromatic N) is 3. The van der Waals surface area contributed by atoms with Crippen LogP contribution in [0.3, 0.4) is 0 Å². The molecule has 108 valence electrons. The molecule has 0 amide bonds. The van der Waals surface area contributed by atoms with E-state index in [1.54, 1.807) is 0 Å². The average Bonchev–Trinajstić information content (AvgIpc) is 2.72. The molecule has 1 aromatic heterocycles. The summed E-state index contributed by atoms with van der Waals surface area (Å²) in [6.45, 7) is 5.66. The van der Waals surface area contributed by atoms with E-state index in [-0.39, 0.29) is 11.5 Å². The van der Waals surface area contributed by atoms with Crippen molar-refractivity contribution in [3.63, 3.8) is 0 Å². The Morgan fingerprint density at radius 3 is 2.84 bits per heavy atom. The Morgan fingerprint density at radius 2 is 2.11 bits per heavy atom. The first-order chi connectivity index (χ1) is 8.96. The third-order valence-corrected chi connectivity index (χ3v) is 4.66. The second-order valence-electron chi connectivity index (χ2n) is 5.01. The summed E-state index contributed by atoms with van der Waals surface area (Å²) in [5.74, 6) is 0.907. The Morgan fingerprint density at radius 1 is 1.32 bits per heavy atom. The number of hydrogen-bond donors (Lipinski definition) is 1. The zero-order valence-corrected chi connectivity index (χ0v) is 12.1. The van der Waals surface area contributed by atoms with Crippen LogP contribution in [-0.4, -0.2) is 49.3 Å². The summed E-state index contributed by atoms with van der Waals surface area (Å²) >= 11 is 0. The highest BCUT2D eigenvalue weighted by Crippen LogP contribution is 2.15. The van der Waals surface area contributed by atoms with Gasteiger partial charge in [-0.15, -0.1) is 5.10 Å². The van der Waals surface area contributed by atoms with Crippen molar-refractivity contribution >= 4 is 15.9 Å². The fourth-order valence-corrected chi connectivity index (χ4v) is 3.14. The van der Waals surface area contributed by atoms with Gasteiger partial charge in [-0.05, 0) is 6.42 Å². The largest absolute Gasteiger partial charge is 0.407 e. The molecule has 1 aliphatic heterocycles. The van der Waals surface area contributed by atoms with Crippen molar-refractivity contribution in [1.29, 1.82) is 0 Å². The minimum atomic E-state index is -2.92. The molecule has 19 heavy (non-hydrogen) atoms. The van der Waals surface area contributed by atoms with E-state index in [2.05, 4.69) is 15.5 Å². The molecular formula is C11H20N4O3S. The summed E-state index contributed by atoms with van der Waals surface area (Å²) in [5.41, 5.74) is 0. The van der Waals surface area contributed by atoms with E-state index >= 15 is 0 Å². The third-order valence-electron chi connectivity index (χ3n) is 2.94. The number of aromatic nitrogens is 2. The van der Waals surface area contributed by atoms with Crippen molar-refractivity contribution in [1.82, 2.24) is 15.5 Å². The first kappa shape index (κ1) is 14.3. The van der Waals surface area contributed by atoms with Crippen molar-refractivity contribution in [2.24, 2.45) is 0 Å². The summed E-state index contributed by atoms with van der Waals surface area (Å²) < 4.78 is 28.6. The number of anilines is 1. The Kier molecular flexibility index (Phi) is 4.41. The fraction of sp³-hybridized carbons (Fsp3) is 0.818. The fourth-order valence-electron chi connectivity index (χ4n) is 1.87. The summed E-state index contributed by atoms with van der Waals surface area (Å²) in [6.07, 6.45) is 0.601. The number of nitrogens with one attached hydrogen (secondary N) is 1. The van der Waals surface area contributed by atoms with E-state index in [9.17, 15) is 8.42 Å². The molecule has 1 saturated heterocycles. The van der Waals surface area contributed by atoms with Crippen LogP contribution in [0, 0.1) is 0 Å². The molecule has 0 aromatic carbocycles. The van der Waals surface area contributed by atoms with Gasteiger partial charge >= 0.3 is 6.01 Å². The minimum Gasteiger partial charge on any atom is -0.407 e. The molecule has 2 heterocycles. The van der Waals surface area contributed by atoms with Gasteiger partial charge in [-0.1, -0.05) is 18.9 Å². The molecule has 0 radical (unpaired) electrons. The van der Waals surface area contributed by atoms with Crippen LogP contribution < -0.4 is 10.2 Å². The highest BCUT2D eigenvalue weighted by Gasteiger charge is 2.22. The van der Waals surface area contributed by atoms with Crippen molar-refractivity contribution in [3.8, 4) is 0 Å². The number of hydrogen-bond acceptors (Lipinski definition) is 7. The lowest BCUT2D eigenvalue weighted by molar-refractivity contribution is 0.447. The van der Waals surface area contributed by atoms with E-state index in [0.29, 0.717) is 44.0 Å². The molecular weight excluding hydrogens is 268 g/mol. The smallest absolute Gasteiger partial charge is 0.318 e. The van der Waals surface area contributed by atoms with E-state index in [1.165, 1.54) is 0 Å². The Hall–Kier alpha value is -1.15. The van der Waals surface area contributed by atoms with E-state index < -0.39 is 9.84 Å². The van der Waals surface area contributed by atoms with Crippen molar-refractivity contribution in [3.05, 3.63) is 5.89 Å². The average molecular weight is 288 g/mol. The SMILES string of the molecule is CC(C)NCc1nnc(N2CCCS(=O)(=O)CC2)o1. The van der Waals surface area contributed by atoms with Crippen LogP contribution in [0.15, 0.2) is 4.42 Å². The van der Waals surface area contributed by atoms with Gasteiger partial charge in [-0.25, -0.2) is 8.42 Å².